The van der Waals surface area contributed by atoms with Crippen molar-refractivity contribution >= 4 is 5.97 Å². The minimum absolute atomic E-state index is 0.0118. The number of esters is 1. The molecule has 2 fully saturated rings. The van der Waals surface area contributed by atoms with Crippen molar-refractivity contribution < 1.29 is 9.53 Å². The summed E-state index contributed by atoms with van der Waals surface area (Å²) in [5.74, 6) is 0.558. The second-order valence-corrected chi connectivity index (χ2v) is 6.07. The largest absolute Gasteiger partial charge is 0.459 e. The van der Waals surface area contributed by atoms with Crippen LogP contribution in [0.15, 0.2) is 0 Å². The van der Waals surface area contributed by atoms with Crippen molar-refractivity contribution in [3.05, 3.63) is 0 Å². The predicted molar refractivity (Wildman–Crippen MR) is 59.5 cm³/mol. The van der Waals surface area contributed by atoms with E-state index in [2.05, 4.69) is 20.8 Å². The number of carbonyl (C=O) groups is 1. The molecule has 0 spiro atoms. The molecule has 2 rings (SSSR count). The lowest BCUT2D eigenvalue weighted by atomic mass is 9.60. The van der Waals surface area contributed by atoms with Crippen LogP contribution in [-0.4, -0.2) is 11.6 Å². The summed E-state index contributed by atoms with van der Waals surface area (Å²) in [6.45, 7) is 6.80. The van der Waals surface area contributed by atoms with Crippen LogP contribution in [0.4, 0.5) is 0 Å². The smallest absolute Gasteiger partial charge is 0.306 e. The van der Waals surface area contributed by atoms with Crippen molar-refractivity contribution in [3.63, 3.8) is 0 Å². The number of rotatable bonds is 0. The van der Waals surface area contributed by atoms with Gasteiger partial charge in [-0.1, -0.05) is 13.8 Å². The van der Waals surface area contributed by atoms with E-state index in [-0.39, 0.29) is 11.6 Å². The molecule has 2 atom stereocenters. The molecule has 1 aliphatic heterocycles. The quantitative estimate of drug-likeness (QED) is 0.573. The van der Waals surface area contributed by atoms with Gasteiger partial charge >= 0.3 is 5.97 Å². The molecular formula is C13H22O2. The van der Waals surface area contributed by atoms with Crippen molar-refractivity contribution in [1.82, 2.24) is 0 Å². The van der Waals surface area contributed by atoms with Crippen LogP contribution in [0.1, 0.15) is 59.3 Å². The van der Waals surface area contributed by atoms with Crippen LogP contribution in [0.5, 0.6) is 0 Å². The Morgan fingerprint density at radius 3 is 2.67 bits per heavy atom. The van der Waals surface area contributed by atoms with Gasteiger partial charge in [-0.15, -0.1) is 0 Å². The zero-order valence-corrected chi connectivity index (χ0v) is 10.1. The van der Waals surface area contributed by atoms with Crippen LogP contribution in [0.2, 0.25) is 0 Å². The van der Waals surface area contributed by atoms with E-state index in [9.17, 15) is 4.79 Å². The average molecular weight is 210 g/mol. The third kappa shape index (κ3) is 1.91. The van der Waals surface area contributed by atoms with E-state index in [0.29, 0.717) is 17.8 Å². The first-order valence-corrected chi connectivity index (χ1v) is 6.16. The lowest BCUT2D eigenvalue weighted by molar-refractivity contribution is -0.172. The molecule has 1 saturated carbocycles. The molecule has 2 aliphatic rings. The molecule has 0 radical (unpaired) electrons. The van der Waals surface area contributed by atoms with E-state index in [0.717, 1.165) is 19.3 Å². The zero-order valence-electron chi connectivity index (χ0n) is 10.1. The Balaban J connectivity index is 2.28. The third-order valence-electron chi connectivity index (χ3n) is 4.40. The molecule has 0 aromatic carbocycles. The van der Waals surface area contributed by atoms with Crippen molar-refractivity contribution in [1.29, 1.82) is 0 Å². The number of ether oxygens (including phenoxy) is 1. The molecule has 2 heteroatoms. The number of hydrogen-bond acceptors (Lipinski definition) is 2. The SMILES string of the molecule is CC1(C)CCC[C@]2(C)OC(=O)CCC[C@@H]12. The zero-order chi connectivity index (χ0) is 11.1. The van der Waals surface area contributed by atoms with Crippen molar-refractivity contribution in [2.75, 3.05) is 0 Å². The third-order valence-corrected chi connectivity index (χ3v) is 4.40. The minimum atomic E-state index is -0.185. The standard InChI is InChI=1S/C13H22O2/c1-12(2)8-5-9-13(3)10(12)6-4-7-11(14)15-13/h10H,4-9H2,1-3H3/t10-,13-/m0/s1. The first-order valence-electron chi connectivity index (χ1n) is 6.16. The Hall–Kier alpha value is -0.530. The van der Waals surface area contributed by atoms with Gasteiger partial charge < -0.3 is 4.74 Å². The molecule has 0 aromatic rings. The van der Waals surface area contributed by atoms with Crippen molar-refractivity contribution in [3.8, 4) is 0 Å². The van der Waals surface area contributed by atoms with Gasteiger partial charge in [-0.05, 0) is 44.4 Å². The fourth-order valence-electron chi connectivity index (χ4n) is 3.65. The summed E-state index contributed by atoms with van der Waals surface area (Å²) >= 11 is 0. The summed E-state index contributed by atoms with van der Waals surface area (Å²) in [6.07, 6.45) is 6.27. The number of hydrogen-bond donors (Lipinski definition) is 0. The molecule has 86 valence electrons. The van der Waals surface area contributed by atoms with Gasteiger partial charge in [0.25, 0.3) is 0 Å². The first kappa shape index (κ1) is 11.0. The molecule has 15 heavy (non-hydrogen) atoms. The molecular weight excluding hydrogens is 188 g/mol. The molecule has 1 heterocycles. The van der Waals surface area contributed by atoms with E-state index in [4.69, 9.17) is 4.74 Å². The van der Waals surface area contributed by atoms with Gasteiger partial charge in [0.2, 0.25) is 0 Å². The summed E-state index contributed by atoms with van der Waals surface area (Å²) in [7, 11) is 0. The summed E-state index contributed by atoms with van der Waals surface area (Å²) in [5.41, 5.74) is 0.146. The molecule has 0 bridgehead atoms. The highest BCUT2D eigenvalue weighted by molar-refractivity contribution is 5.70. The van der Waals surface area contributed by atoms with Crippen molar-refractivity contribution in [2.45, 2.75) is 64.9 Å². The Morgan fingerprint density at radius 1 is 1.20 bits per heavy atom. The molecule has 0 unspecified atom stereocenters. The lowest BCUT2D eigenvalue weighted by Crippen LogP contribution is -2.48. The second-order valence-electron chi connectivity index (χ2n) is 6.07. The highest BCUT2D eigenvalue weighted by Gasteiger charge is 2.49. The molecule has 1 saturated heterocycles. The van der Waals surface area contributed by atoms with E-state index < -0.39 is 0 Å². The van der Waals surface area contributed by atoms with Crippen LogP contribution in [0.25, 0.3) is 0 Å². The highest BCUT2D eigenvalue weighted by Crippen LogP contribution is 2.51. The van der Waals surface area contributed by atoms with Gasteiger partial charge in [0, 0.05) is 12.3 Å². The lowest BCUT2D eigenvalue weighted by Gasteiger charge is -2.49. The maximum absolute atomic E-state index is 11.5. The van der Waals surface area contributed by atoms with E-state index in [1.807, 2.05) is 0 Å². The van der Waals surface area contributed by atoms with Gasteiger partial charge in [-0.25, -0.2) is 0 Å². The van der Waals surface area contributed by atoms with E-state index in [1.165, 1.54) is 12.8 Å². The van der Waals surface area contributed by atoms with Crippen LogP contribution in [0, 0.1) is 11.3 Å². The van der Waals surface area contributed by atoms with Crippen LogP contribution in [-0.2, 0) is 9.53 Å². The maximum Gasteiger partial charge on any atom is 0.306 e. The Morgan fingerprint density at radius 2 is 1.93 bits per heavy atom. The van der Waals surface area contributed by atoms with Gasteiger partial charge in [-0.3, -0.25) is 4.79 Å². The second kappa shape index (κ2) is 3.50. The number of fused-ring (bicyclic) bond motifs is 1. The Kier molecular flexibility index (Phi) is 2.56. The van der Waals surface area contributed by atoms with Crippen LogP contribution >= 0.6 is 0 Å². The fraction of sp³-hybridized carbons (Fsp3) is 0.923. The average Bonchev–Trinajstić information content (AvgIpc) is 2.23. The van der Waals surface area contributed by atoms with Gasteiger partial charge in [-0.2, -0.15) is 0 Å². The van der Waals surface area contributed by atoms with E-state index >= 15 is 0 Å². The van der Waals surface area contributed by atoms with Gasteiger partial charge in [0.1, 0.15) is 5.60 Å². The van der Waals surface area contributed by atoms with Crippen LogP contribution in [0.3, 0.4) is 0 Å². The maximum atomic E-state index is 11.5. The van der Waals surface area contributed by atoms with Gasteiger partial charge in [0.05, 0.1) is 0 Å². The van der Waals surface area contributed by atoms with Gasteiger partial charge in [0.15, 0.2) is 0 Å². The molecule has 0 N–H and O–H groups in total. The summed E-state index contributed by atoms with van der Waals surface area (Å²) < 4.78 is 5.70. The summed E-state index contributed by atoms with van der Waals surface area (Å²) in [5, 5.41) is 0. The normalized spacial score (nSPS) is 40.2. The van der Waals surface area contributed by atoms with Crippen molar-refractivity contribution in [2.24, 2.45) is 11.3 Å². The molecule has 2 nitrogen and oxygen atoms in total. The fourth-order valence-corrected chi connectivity index (χ4v) is 3.65. The molecule has 0 amide bonds. The Bertz CT molecular complexity index is 270. The molecule has 1 aliphatic carbocycles. The summed E-state index contributed by atoms with van der Waals surface area (Å²) in [6, 6.07) is 0. The predicted octanol–water partition coefficient (Wildman–Crippen LogP) is 3.30. The number of carbonyl (C=O) groups excluding carboxylic acids is 1. The monoisotopic (exact) mass is 210 g/mol. The van der Waals surface area contributed by atoms with Crippen LogP contribution < -0.4 is 0 Å². The van der Waals surface area contributed by atoms with E-state index in [1.54, 1.807) is 0 Å². The first-order chi connectivity index (χ1) is 6.94. The summed E-state index contributed by atoms with van der Waals surface area (Å²) in [4.78, 5) is 11.5. The minimum Gasteiger partial charge on any atom is -0.459 e. The topological polar surface area (TPSA) is 26.3 Å². The molecule has 0 aromatic heterocycles. The Labute approximate surface area is 92.4 Å². The highest BCUT2D eigenvalue weighted by atomic mass is 16.6.